The van der Waals surface area contributed by atoms with Crippen LogP contribution in [0.1, 0.15) is 16.1 Å². The van der Waals surface area contributed by atoms with E-state index < -0.39 is 17.8 Å². The van der Waals surface area contributed by atoms with Crippen molar-refractivity contribution in [1.82, 2.24) is 4.98 Å². The highest BCUT2D eigenvalue weighted by Gasteiger charge is 2.32. The van der Waals surface area contributed by atoms with Gasteiger partial charge in [-0.15, -0.1) is 4.91 Å². The van der Waals surface area contributed by atoms with E-state index in [9.17, 15) is 22.9 Å². The van der Waals surface area contributed by atoms with Crippen molar-refractivity contribution in [3.8, 4) is 0 Å². The molecule has 1 aromatic carbocycles. The Labute approximate surface area is 98.4 Å². The number of benzene rings is 1. The fraction of sp³-hybridized carbons (Fsp3) is 0.0909. The van der Waals surface area contributed by atoms with Crippen molar-refractivity contribution >= 4 is 16.8 Å². The average molecular weight is 254 g/mol. The lowest BCUT2D eigenvalue weighted by molar-refractivity contribution is -0.140. The lowest BCUT2D eigenvalue weighted by atomic mass is 10.1. The van der Waals surface area contributed by atoms with Crippen molar-refractivity contribution in [3.05, 3.63) is 46.5 Å². The van der Waals surface area contributed by atoms with Gasteiger partial charge in [0.25, 0.3) is 0 Å². The molecule has 18 heavy (non-hydrogen) atoms. The van der Waals surface area contributed by atoms with E-state index in [2.05, 4.69) is 10.2 Å². The second kappa shape index (κ2) is 4.17. The summed E-state index contributed by atoms with van der Waals surface area (Å²) in [6, 6.07) is 5.71. The number of alkyl halides is 3. The number of carbonyl (C=O) groups is 1. The van der Waals surface area contributed by atoms with Crippen LogP contribution in [0.2, 0.25) is 0 Å². The van der Waals surface area contributed by atoms with Gasteiger partial charge in [-0.1, -0.05) is 6.07 Å². The van der Waals surface area contributed by atoms with Gasteiger partial charge < -0.3 is 0 Å². The van der Waals surface area contributed by atoms with Crippen LogP contribution >= 0.6 is 0 Å². The number of hydrogen-bond acceptors (Lipinski definition) is 3. The van der Waals surface area contributed by atoms with Crippen LogP contribution in [0.4, 0.5) is 13.2 Å². The zero-order valence-electron chi connectivity index (χ0n) is 8.73. The monoisotopic (exact) mass is 254 g/mol. The van der Waals surface area contributed by atoms with Crippen molar-refractivity contribution in [2.45, 2.75) is 6.18 Å². The molecule has 0 saturated carbocycles. The first-order valence-electron chi connectivity index (χ1n) is 4.77. The third-order valence-corrected chi connectivity index (χ3v) is 2.31. The summed E-state index contributed by atoms with van der Waals surface area (Å²) in [7, 11) is 0. The quantitative estimate of drug-likeness (QED) is 0.734. The summed E-state index contributed by atoms with van der Waals surface area (Å²) in [5.41, 5.74) is -0.908. The van der Waals surface area contributed by atoms with Gasteiger partial charge in [0, 0.05) is 16.1 Å². The number of nitrogens with zero attached hydrogens (tertiary/aromatic N) is 2. The minimum Gasteiger partial charge on any atom is -0.263 e. The van der Waals surface area contributed by atoms with Crippen LogP contribution in [0.3, 0.4) is 0 Å². The number of amides is 1. The Hall–Kier alpha value is -2.31. The van der Waals surface area contributed by atoms with Crippen LogP contribution in [-0.4, -0.2) is 10.9 Å². The van der Waals surface area contributed by atoms with Gasteiger partial charge in [-0.3, -0.25) is 4.79 Å². The molecule has 0 spiro atoms. The maximum atomic E-state index is 12.4. The number of carbonyl (C=O) groups excluding carboxylic acids is 1. The van der Waals surface area contributed by atoms with Gasteiger partial charge in [0.05, 0.1) is 5.52 Å². The van der Waals surface area contributed by atoms with Crippen LogP contribution in [0.25, 0.3) is 10.9 Å². The van der Waals surface area contributed by atoms with Gasteiger partial charge in [0.15, 0.2) is 0 Å². The number of pyridine rings is 1. The number of fused-ring (bicyclic) bond motifs is 1. The molecule has 0 aliphatic carbocycles. The van der Waals surface area contributed by atoms with Gasteiger partial charge >= 0.3 is 12.1 Å². The van der Waals surface area contributed by atoms with Gasteiger partial charge in [0.1, 0.15) is 5.69 Å². The van der Waals surface area contributed by atoms with E-state index in [-0.39, 0.29) is 11.1 Å². The average Bonchev–Trinajstić information content (AvgIpc) is 2.35. The molecule has 1 aromatic heterocycles. The number of nitroso groups, excluding NO2 is 1. The summed E-state index contributed by atoms with van der Waals surface area (Å²) < 4.78 is 37.2. The largest absolute Gasteiger partial charge is 0.433 e. The molecule has 1 heterocycles. The van der Waals surface area contributed by atoms with Crippen LogP contribution < -0.4 is 0 Å². The number of rotatable bonds is 1. The fourth-order valence-electron chi connectivity index (χ4n) is 1.47. The molecule has 0 radical (unpaired) electrons. The number of halogens is 3. The van der Waals surface area contributed by atoms with E-state index in [0.29, 0.717) is 5.39 Å². The third kappa shape index (κ3) is 2.20. The SMILES string of the molecule is O=NC(=O)c1ccc2nc(C(F)(F)F)ccc2c1. The molecule has 0 bridgehead atoms. The van der Waals surface area contributed by atoms with Crippen molar-refractivity contribution in [2.75, 3.05) is 0 Å². The molecular formula is C11H5F3N2O2. The zero-order chi connectivity index (χ0) is 13.3. The molecule has 0 fully saturated rings. The summed E-state index contributed by atoms with van der Waals surface area (Å²) in [5, 5.41) is 2.56. The van der Waals surface area contributed by atoms with Crippen LogP contribution in [-0.2, 0) is 6.18 Å². The minimum atomic E-state index is -4.52. The second-order valence-corrected chi connectivity index (χ2v) is 3.50. The van der Waals surface area contributed by atoms with Gasteiger partial charge in [-0.25, -0.2) is 4.98 Å². The smallest absolute Gasteiger partial charge is 0.263 e. The van der Waals surface area contributed by atoms with Crippen LogP contribution in [0.15, 0.2) is 35.5 Å². The first-order valence-corrected chi connectivity index (χ1v) is 4.77. The van der Waals surface area contributed by atoms with Gasteiger partial charge in [-0.2, -0.15) is 13.2 Å². The molecule has 0 unspecified atom stereocenters. The topological polar surface area (TPSA) is 59.4 Å². The van der Waals surface area contributed by atoms with E-state index in [0.717, 1.165) is 6.07 Å². The Bertz CT molecular complexity index is 638. The lowest BCUT2D eigenvalue weighted by Crippen LogP contribution is -2.07. The highest BCUT2D eigenvalue weighted by Crippen LogP contribution is 2.29. The van der Waals surface area contributed by atoms with Crippen molar-refractivity contribution in [3.63, 3.8) is 0 Å². The Morgan fingerprint density at radius 3 is 2.50 bits per heavy atom. The maximum Gasteiger partial charge on any atom is 0.433 e. The van der Waals surface area contributed by atoms with E-state index >= 15 is 0 Å². The molecule has 0 aliphatic rings. The molecule has 0 atom stereocenters. The number of hydrogen-bond donors (Lipinski definition) is 0. The predicted molar refractivity (Wildman–Crippen MR) is 56.9 cm³/mol. The van der Waals surface area contributed by atoms with Crippen molar-refractivity contribution in [2.24, 2.45) is 5.18 Å². The molecule has 0 N–H and O–H groups in total. The van der Waals surface area contributed by atoms with Gasteiger partial charge in [0.2, 0.25) is 0 Å². The highest BCUT2D eigenvalue weighted by molar-refractivity contribution is 5.98. The van der Waals surface area contributed by atoms with E-state index in [1.807, 2.05) is 0 Å². The Balaban J connectivity index is 2.55. The van der Waals surface area contributed by atoms with E-state index in [4.69, 9.17) is 0 Å². The number of aromatic nitrogens is 1. The van der Waals surface area contributed by atoms with E-state index in [1.165, 1.54) is 24.3 Å². The molecule has 7 heteroatoms. The summed E-state index contributed by atoms with van der Waals surface area (Å²) in [4.78, 5) is 24.5. The standard InChI is InChI=1S/C11H5F3N2O2/c12-11(13,14)9-4-2-6-5-7(10(17)16-18)1-3-8(6)15-9/h1-5H. The Morgan fingerprint density at radius 1 is 1.17 bits per heavy atom. The molecule has 2 rings (SSSR count). The van der Waals surface area contributed by atoms with Gasteiger partial charge in [-0.05, 0) is 24.3 Å². The van der Waals surface area contributed by atoms with E-state index in [1.54, 1.807) is 0 Å². The van der Waals surface area contributed by atoms with Crippen molar-refractivity contribution < 1.29 is 18.0 Å². The molecule has 0 aliphatic heterocycles. The maximum absolute atomic E-state index is 12.4. The molecule has 2 aromatic rings. The van der Waals surface area contributed by atoms with Crippen LogP contribution in [0.5, 0.6) is 0 Å². The first-order chi connectivity index (χ1) is 8.41. The second-order valence-electron chi connectivity index (χ2n) is 3.50. The highest BCUT2D eigenvalue weighted by atomic mass is 19.4. The Kier molecular flexibility index (Phi) is 2.82. The molecule has 0 saturated heterocycles. The normalized spacial score (nSPS) is 11.5. The molecule has 92 valence electrons. The first kappa shape index (κ1) is 12.2. The fourth-order valence-corrected chi connectivity index (χ4v) is 1.47. The predicted octanol–water partition coefficient (Wildman–Crippen LogP) is 3.16. The minimum absolute atomic E-state index is 0.0130. The molecule has 4 nitrogen and oxygen atoms in total. The summed E-state index contributed by atoms with van der Waals surface area (Å²) in [6.45, 7) is 0. The summed E-state index contributed by atoms with van der Waals surface area (Å²) in [5.74, 6) is -0.975. The van der Waals surface area contributed by atoms with Crippen LogP contribution in [0, 0.1) is 4.91 Å². The molecule has 1 amide bonds. The zero-order valence-corrected chi connectivity index (χ0v) is 8.73. The molecular weight excluding hydrogens is 249 g/mol. The third-order valence-electron chi connectivity index (χ3n) is 2.31. The lowest BCUT2D eigenvalue weighted by Gasteiger charge is -2.06. The van der Waals surface area contributed by atoms with Crippen molar-refractivity contribution in [1.29, 1.82) is 0 Å². The summed E-state index contributed by atoms with van der Waals surface area (Å²) in [6.07, 6.45) is -4.52. The summed E-state index contributed by atoms with van der Waals surface area (Å²) >= 11 is 0. The Morgan fingerprint density at radius 2 is 1.89 bits per heavy atom.